The molecule has 2 heterocycles. The lowest BCUT2D eigenvalue weighted by Crippen LogP contribution is -2.47. The van der Waals surface area contributed by atoms with Gasteiger partial charge in [-0.3, -0.25) is 14.5 Å². The van der Waals surface area contributed by atoms with Crippen molar-refractivity contribution >= 4 is 51.9 Å². The summed E-state index contributed by atoms with van der Waals surface area (Å²) in [5.74, 6) is -1.43. The van der Waals surface area contributed by atoms with Gasteiger partial charge in [-0.05, 0) is 123 Å². The summed E-state index contributed by atoms with van der Waals surface area (Å²) in [6.45, 7) is 1.37. The molecule has 58 heavy (non-hydrogen) atoms. The molecule has 304 valence electrons. The van der Waals surface area contributed by atoms with Gasteiger partial charge in [0.1, 0.15) is 5.00 Å². The fourth-order valence-corrected chi connectivity index (χ4v) is 9.15. The summed E-state index contributed by atoms with van der Waals surface area (Å²) in [5.41, 5.74) is 6.57. The largest absolute Gasteiger partial charge is 0.466 e. The zero-order chi connectivity index (χ0) is 40.6. The Bertz CT molecular complexity index is 2120. The van der Waals surface area contributed by atoms with E-state index in [-0.39, 0.29) is 23.8 Å². The first kappa shape index (κ1) is 40.7. The maximum Gasteiger partial charge on any atom is 0.410 e. The number of rotatable bonds is 14. The number of benzene rings is 3. The standard InChI is InChI=1S/C45H50N4O8S/c1-55-39(50)28-57-45(54)48-24-22-36(23-25-48)49(35-20-21-35)27-31-6-5-7-33(26-31)41(51)47-43-40(37-8-3-4-9-38(37)58-43)42(52)46-34-18-14-30(15-19-34)11-10-29-12-16-32(17-13-29)44(53)56-2/h5-7,12-19,26,35-36H,3-4,8-11,20-25,27-28H2,1-2H3,(H,46,52)(H,47,51). The highest BCUT2D eigenvalue weighted by Crippen LogP contribution is 2.39. The maximum absolute atomic E-state index is 14.0. The molecule has 12 nitrogen and oxygen atoms in total. The Morgan fingerprint density at radius 2 is 1.41 bits per heavy atom. The summed E-state index contributed by atoms with van der Waals surface area (Å²) in [4.78, 5) is 68.7. The van der Waals surface area contributed by atoms with E-state index in [1.807, 2.05) is 60.7 Å². The van der Waals surface area contributed by atoms with Crippen molar-refractivity contribution in [1.82, 2.24) is 9.80 Å². The minimum Gasteiger partial charge on any atom is -0.466 e. The molecular formula is C45H50N4O8S. The van der Waals surface area contributed by atoms with E-state index in [4.69, 9.17) is 9.47 Å². The molecule has 3 aromatic carbocycles. The number of amides is 3. The molecule has 4 aromatic rings. The predicted octanol–water partition coefficient (Wildman–Crippen LogP) is 7.44. The van der Waals surface area contributed by atoms with Crippen LogP contribution in [0.4, 0.5) is 15.5 Å². The van der Waals surface area contributed by atoms with E-state index in [1.54, 1.807) is 17.0 Å². The molecule has 0 spiro atoms. The molecule has 7 rings (SSSR count). The SMILES string of the molecule is COC(=O)COC(=O)N1CCC(N(Cc2cccc(C(=O)Nc3sc4c(c3C(=O)Nc3ccc(CCc5ccc(C(=O)OC)cc5)cc3)CCCC4)c2)C2CC2)CC1. The van der Waals surface area contributed by atoms with Crippen molar-refractivity contribution in [2.75, 3.05) is 44.5 Å². The lowest BCUT2D eigenvalue weighted by molar-refractivity contribution is -0.144. The number of carbonyl (C=O) groups is 5. The zero-order valence-electron chi connectivity index (χ0n) is 33.1. The molecule has 0 unspecified atom stereocenters. The van der Waals surface area contributed by atoms with Crippen molar-refractivity contribution < 1.29 is 38.2 Å². The number of likely N-dealkylation sites (tertiary alicyclic amines) is 1. The monoisotopic (exact) mass is 806 g/mol. The van der Waals surface area contributed by atoms with E-state index >= 15 is 0 Å². The van der Waals surface area contributed by atoms with Gasteiger partial charge in [0.05, 0.1) is 25.3 Å². The fraction of sp³-hybridized carbons (Fsp3) is 0.400. The van der Waals surface area contributed by atoms with Gasteiger partial charge in [-0.2, -0.15) is 0 Å². The van der Waals surface area contributed by atoms with Crippen molar-refractivity contribution in [3.05, 3.63) is 117 Å². The topological polar surface area (TPSA) is 144 Å². The Morgan fingerprint density at radius 3 is 2.09 bits per heavy atom. The molecule has 1 aromatic heterocycles. The highest BCUT2D eigenvalue weighted by Gasteiger charge is 2.36. The molecule has 2 aliphatic carbocycles. The van der Waals surface area contributed by atoms with Crippen molar-refractivity contribution in [3.63, 3.8) is 0 Å². The van der Waals surface area contributed by atoms with E-state index in [0.717, 1.165) is 91.3 Å². The van der Waals surface area contributed by atoms with Crippen LogP contribution >= 0.6 is 11.3 Å². The molecule has 1 saturated carbocycles. The zero-order valence-corrected chi connectivity index (χ0v) is 33.9. The Balaban J connectivity index is 0.972. The van der Waals surface area contributed by atoms with Crippen LogP contribution in [0.2, 0.25) is 0 Å². The van der Waals surface area contributed by atoms with Crippen LogP contribution in [0.25, 0.3) is 0 Å². The van der Waals surface area contributed by atoms with Crippen LogP contribution in [0.1, 0.15) is 96.7 Å². The number of nitrogens with one attached hydrogen (secondary N) is 2. The third-order valence-electron chi connectivity index (χ3n) is 11.2. The second-order valence-corrected chi connectivity index (χ2v) is 16.3. The van der Waals surface area contributed by atoms with Crippen molar-refractivity contribution in [3.8, 4) is 0 Å². The van der Waals surface area contributed by atoms with E-state index in [2.05, 4.69) is 20.3 Å². The normalized spacial score (nSPS) is 15.3. The Kier molecular flexibility index (Phi) is 13.2. The molecule has 1 aliphatic heterocycles. The molecule has 3 aliphatic rings. The van der Waals surface area contributed by atoms with Gasteiger partial charge >= 0.3 is 18.0 Å². The maximum atomic E-state index is 14.0. The molecule has 0 atom stereocenters. The molecule has 0 bridgehead atoms. The lowest BCUT2D eigenvalue weighted by atomic mass is 9.95. The average Bonchev–Trinajstić information content (AvgIpc) is 4.04. The van der Waals surface area contributed by atoms with Gasteiger partial charge in [-0.1, -0.05) is 36.4 Å². The number of carbonyl (C=O) groups excluding carboxylic acids is 5. The van der Waals surface area contributed by atoms with Crippen LogP contribution in [0.5, 0.6) is 0 Å². The van der Waals surface area contributed by atoms with E-state index in [1.165, 1.54) is 25.6 Å². The van der Waals surface area contributed by atoms with Gasteiger partial charge in [-0.25, -0.2) is 14.4 Å². The molecule has 1 saturated heterocycles. The summed E-state index contributed by atoms with van der Waals surface area (Å²) >= 11 is 1.50. The van der Waals surface area contributed by atoms with Crippen LogP contribution in [0.3, 0.4) is 0 Å². The highest BCUT2D eigenvalue weighted by molar-refractivity contribution is 7.17. The van der Waals surface area contributed by atoms with Gasteiger partial charge in [-0.15, -0.1) is 11.3 Å². The number of fused-ring (bicyclic) bond motifs is 1. The van der Waals surface area contributed by atoms with Crippen molar-refractivity contribution in [2.24, 2.45) is 0 Å². The summed E-state index contributed by atoms with van der Waals surface area (Å²) in [6, 6.07) is 23.7. The van der Waals surface area contributed by atoms with E-state index in [9.17, 15) is 24.0 Å². The van der Waals surface area contributed by atoms with Crippen LogP contribution in [-0.4, -0.2) is 85.6 Å². The van der Waals surface area contributed by atoms with Gasteiger partial charge in [0.25, 0.3) is 11.8 Å². The molecule has 0 radical (unpaired) electrons. The minimum atomic E-state index is -0.589. The number of hydrogen-bond acceptors (Lipinski definition) is 10. The van der Waals surface area contributed by atoms with Crippen LogP contribution in [0, 0.1) is 0 Å². The number of methoxy groups -OCH3 is 2. The number of ether oxygens (including phenoxy) is 3. The summed E-state index contributed by atoms with van der Waals surface area (Å²) in [5, 5.41) is 6.79. The number of piperidine rings is 1. The fourth-order valence-electron chi connectivity index (χ4n) is 7.87. The third kappa shape index (κ3) is 10.1. The second kappa shape index (κ2) is 18.8. The summed E-state index contributed by atoms with van der Waals surface area (Å²) in [7, 11) is 2.63. The number of hydrogen-bond donors (Lipinski definition) is 2. The Labute approximate surface area is 342 Å². The number of thiophene rings is 1. The smallest absolute Gasteiger partial charge is 0.410 e. The van der Waals surface area contributed by atoms with Crippen LogP contribution in [-0.2, 0) is 51.2 Å². The highest BCUT2D eigenvalue weighted by atomic mass is 32.1. The first-order chi connectivity index (χ1) is 28.2. The summed E-state index contributed by atoms with van der Waals surface area (Å²) < 4.78 is 14.5. The number of esters is 2. The van der Waals surface area contributed by atoms with E-state index in [0.29, 0.717) is 53.1 Å². The quantitative estimate of drug-likeness (QED) is 0.0982. The number of nitrogens with zero attached hydrogens (tertiary/aromatic N) is 2. The van der Waals surface area contributed by atoms with Crippen LogP contribution < -0.4 is 10.6 Å². The Morgan fingerprint density at radius 1 is 0.741 bits per heavy atom. The first-order valence-electron chi connectivity index (χ1n) is 20.1. The molecule has 2 fully saturated rings. The van der Waals surface area contributed by atoms with Crippen LogP contribution in [0.15, 0.2) is 72.8 Å². The van der Waals surface area contributed by atoms with Crippen molar-refractivity contribution in [2.45, 2.75) is 82.8 Å². The van der Waals surface area contributed by atoms with Gasteiger partial charge in [0, 0.05) is 47.8 Å². The summed E-state index contributed by atoms with van der Waals surface area (Å²) in [6.07, 6.45) is 8.65. The molecule has 3 amide bonds. The van der Waals surface area contributed by atoms with Gasteiger partial charge in [0.15, 0.2) is 6.61 Å². The molecule has 13 heteroatoms. The second-order valence-electron chi connectivity index (χ2n) is 15.2. The van der Waals surface area contributed by atoms with Crippen molar-refractivity contribution in [1.29, 1.82) is 0 Å². The Hall–Kier alpha value is -5.53. The third-order valence-corrected chi connectivity index (χ3v) is 12.4. The number of anilines is 2. The van der Waals surface area contributed by atoms with Gasteiger partial charge in [0.2, 0.25) is 0 Å². The van der Waals surface area contributed by atoms with E-state index < -0.39 is 18.7 Å². The van der Waals surface area contributed by atoms with Gasteiger partial charge < -0.3 is 29.7 Å². The minimum absolute atomic E-state index is 0.232. The molecular weight excluding hydrogens is 757 g/mol. The average molecular weight is 807 g/mol. The predicted molar refractivity (Wildman–Crippen MR) is 221 cm³/mol. The lowest BCUT2D eigenvalue weighted by Gasteiger charge is -2.38. The molecule has 2 N–H and O–H groups in total. The number of aryl methyl sites for hydroxylation is 3. The first-order valence-corrected chi connectivity index (χ1v) is 20.9.